The molecule has 0 aromatic carbocycles. The summed E-state index contributed by atoms with van der Waals surface area (Å²) < 4.78 is -0.500. The van der Waals surface area contributed by atoms with Crippen LogP contribution in [0.4, 0.5) is 4.79 Å². The summed E-state index contributed by atoms with van der Waals surface area (Å²) in [6, 6.07) is 0. The number of hydrogen-bond donors (Lipinski definition) is 2. The van der Waals surface area contributed by atoms with Gasteiger partial charge in [0.1, 0.15) is 3.55 Å². The lowest BCUT2D eigenvalue weighted by molar-refractivity contribution is 0.190. The summed E-state index contributed by atoms with van der Waals surface area (Å²) in [6.45, 7) is 5.68. The van der Waals surface area contributed by atoms with E-state index in [1.54, 1.807) is 6.08 Å². The minimum Gasteiger partial charge on any atom is -0.465 e. The Hall–Kier alpha value is -0.260. The van der Waals surface area contributed by atoms with Crippen LogP contribution in [0.2, 0.25) is 0 Å². The van der Waals surface area contributed by atoms with Crippen LogP contribution in [0.1, 0.15) is 26.2 Å². The van der Waals surface area contributed by atoms with Crippen LogP contribution in [0.5, 0.6) is 0 Å². The summed E-state index contributed by atoms with van der Waals surface area (Å²) in [5.41, 5.74) is 0. The van der Waals surface area contributed by atoms with Gasteiger partial charge in [0.25, 0.3) is 0 Å². The molecule has 0 aromatic rings. The molecule has 0 bridgehead atoms. The largest absolute Gasteiger partial charge is 0.465 e. The lowest BCUT2D eigenvalue weighted by Crippen LogP contribution is -2.40. The van der Waals surface area contributed by atoms with E-state index in [-0.39, 0.29) is 0 Å². The Morgan fingerprint density at radius 2 is 2.42 bits per heavy atom. The predicted molar refractivity (Wildman–Crippen MR) is 57.6 cm³/mol. The highest BCUT2D eigenvalue weighted by Gasteiger charge is 2.23. The van der Waals surface area contributed by atoms with Gasteiger partial charge in [-0.3, -0.25) is 0 Å². The third-order valence-corrected chi connectivity index (χ3v) is 2.78. The van der Waals surface area contributed by atoms with Gasteiger partial charge in [0.05, 0.1) is 0 Å². The number of rotatable bonds is 5. The van der Waals surface area contributed by atoms with Crippen molar-refractivity contribution in [3.8, 4) is 0 Å². The quantitative estimate of drug-likeness (QED) is 0.353. The van der Waals surface area contributed by atoms with E-state index in [0.717, 1.165) is 19.3 Å². The molecule has 0 saturated carbocycles. The fourth-order valence-corrected chi connectivity index (χ4v) is 1.44. The van der Waals surface area contributed by atoms with E-state index in [2.05, 4.69) is 41.4 Å². The van der Waals surface area contributed by atoms with E-state index in [1.807, 2.05) is 0 Å². The van der Waals surface area contributed by atoms with Crippen LogP contribution < -0.4 is 5.32 Å². The minimum absolute atomic E-state index is 0.500. The zero-order valence-electron chi connectivity index (χ0n) is 7.14. The first-order chi connectivity index (χ1) is 5.54. The van der Waals surface area contributed by atoms with Gasteiger partial charge in [0.2, 0.25) is 0 Å². The van der Waals surface area contributed by atoms with Crippen molar-refractivity contribution in [1.82, 2.24) is 5.32 Å². The van der Waals surface area contributed by atoms with Crippen LogP contribution in [0.15, 0.2) is 12.7 Å². The third-order valence-electron chi connectivity index (χ3n) is 1.53. The highest BCUT2D eigenvalue weighted by atomic mass is 127. The average molecular weight is 283 g/mol. The van der Waals surface area contributed by atoms with Gasteiger partial charge in [-0.25, -0.2) is 4.79 Å². The number of carboxylic acid groups (broad SMARTS) is 1. The summed E-state index contributed by atoms with van der Waals surface area (Å²) in [6.07, 6.45) is 3.48. The molecule has 0 fully saturated rings. The lowest BCUT2D eigenvalue weighted by atomic mass is 10.1. The van der Waals surface area contributed by atoms with E-state index in [9.17, 15) is 4.79 Å². The first kappa shape index (κ1) is 11.7. The molecule has 1 amide bonds. The third kappa shape index (κ3) is 4.58. The van der Waals surface area contributed by atoms with Gasteiger partial charge in [0.15, 0.2) is 0 Å². The van der Waals surface area contributed by atoms with Crippen molar-refractivity contribution in [2.75, 3.05) is 0 Å². The molecule has 0 rings (SSSR count). The molecule has 12 heavy (non-hydrogen) atoms. The Morgan fingerprint density at radius 3 is 2.75 bits per heavy atom. The number of unbranched alkanes of at least 4 members (excludes halogenated alkanes) is 1. The van der Waals surface area contributed by atoms with Crippen LogP contribution in [0.3, 0.4) is 0 Å². The second kappa shape index (κ2) is 5.40. The van der Waals surface area contributed by atoms with Gasteiger partial charge < -0.3 is 10.4 Å². The average Bonchev–Trinajstić information content (AvgIpc) is 2.00. The van der Waals surface area contributed by atoms with E-state index >= 15 is 0 Å². The van der Waals surface area contributed by atoms with Crippen molar-refractivity contribution in [3.63, 3.8) is 0 Å². The molecule has 3 nitrogen and oxygen atoms in total. The monoisotopic (exact) mass is 283 g/mol. The zero-order chi connectivity index (χ0) is 9.61. The molecular formula is C8H14INO2. The zero-order valence-corrected chi connectivity index (χ0v) is 9.30. The second-order valence-electron chi connectivity index (χ2n) is 2.60. The Balaban J connectivity index is 4.04. The van der Waals surface area contributed by atoms with E-state index in [0.29, 0.717) is 0 Å². The van der Waals surface area contributed by atoms with Gasteiger partial charge >= 0.3 is 6.09 Å². The van der Waals surface area contributed by atoms with E-state index in [1.165, 1.54) is 0 Å². The number of carbonyl (C=O) groups is 1. The normalized spacial score (nSPS) is 14.8. The molecule has 0 saturated heterocycles. The highest BCUT2D eigenvalue weighted by Crippen LogP contribution is 2.23. The predicted octanol–water partition coefficient (Wildman–Crippen LogP) is 2.76. The summed E-state index contributed by atoms with van der Waals surface area (Å²) in [5, 5.41) is 10.9. The molecule has 1 atom stereocenters. The number of halogens is 1. The summed E-state index contributed by atoms with van der Waals surface area (Å²) in [4.78, 5) is 10.4. The molecule has 2 N–H and O–H groups in total. The van der Waals surface area contributed by atoms with Crippen LogP contribution >= 0.6 is 22.6 Å². The summed E-state index contributed by atoms with van der Waals surface area (Å²) in [7, 11) is 0. The topological polar surface area (TPSA) is 49.3 Å². The van der Waals surface area contributed by atoms with Gasteiger partial charge in [0, 0.05) is 0 Å². The highest BCUT2D eigenvalue weighted by molar-refractivity contribution is 14.1. The van der Waals surface area contributed by atoms with Gasteiger partial charge in [-0.1, -0.05) is 55.0 Å². The van der Waals surface area contributed by atoms with Crippen molar-refractivity contribution in [2.24, 2.45) is 0 Å². The molecule has 0 aliphatic carbocycles. The minimum atomic E-state index is -1.000. The van der Waals surface area contributed by atoms with Crippen LogP contribution in [0.25, 0.3) is 0 Å². The van der Waals surface area contributed by atoms with Crippen LogP contribution in [0, 0.1) is 0 Å². The maximum atomic E-state index is 10.4. The maximum Gasteiger partial charge on any atom is 0.405 e. The number of hydrogen-bond acceptors (Lipinski definition) is 1. The van der Waals surface area contributed by atoms with Crippen molar-refractivity contribution in [2.45, 2.75) is 29.7 Å². The smallest absolute Gasteiger partial charge is 0.405 e. The number of amides is 1. The van der Waals surface area contributed by atoms with Crippen LogP contribution in [-0.4, -0.2) is 14.7 Å². The van der Waals surface area contributed by atoms with E-state index in [4.69, 9.17) is 5.11 Å². The fraction of sp³-hybridized carbons (Fsp3) is 0.625. The van der Waals surface area contributed by atoms with Gasteiger partial charge in [-0.15, -0.1) is 0 Å². The fourth-order valence-electron chi connectivity index (χ4n) is 0.827. The standard InChI is InChI=1S/C8H14INO2/c1-3-5-6-8(9,4-2)10-7(11)12/h4,10H,2-3,5-6H2,1H3,(H,11,12). The van der Waals surface area contributed by atoms with Crippen molar-refractivity contribution in [1.29, 1.82) is 0 Å². The molecule has 0 aromatic heterocycles. The molecular weight excluding hydrogens is 269 g/mol. The Morgan fingerprint density at radius 1 is 1.83 bits per heavy atom. The van der Waals surface area contributed by atoms with E-state index < -0.39 is 9.64 Å². The van der Waals surface area contributed by atoms with Crippen LogP contribution in [-0.2, 0) is 0 Å². The first-order valence-corrected chi connectivity index (χ1v) is 4.95. The molecule has 0 radical (unpaired) electrons. The Kier molecular flexibility index (Phi) is 5.28. The lowest BCUT2D eigenvalue weighted by Gasteiger charge is -2.22. The number of alkyl halides is 1. The molecule has 0 aliphatic rings. The summed E-state index contributed by atoms with van der Waals surface area (Å²) in [5.74, 6) is 0. The first-order valence-electron chi connectivity index (χ1n) is 3.87. The molecule has 0 heterocycles. The SMILES string of the molecule is C=CC(I)(CCCC)NC(=O)O. The summed E-state index contributed by atoms with van der Waals surface area (Å²) >= 11 is 2.07. The van der Waals surface area contributed by atoms with Crippen molar-refractivity contribution in [3.05, 3.63) is 12.7 Å². The Bertz CT molecular complexity index is 172. The molecule has 0 aliphatic heterocycles. The molecule has 4 heteroatoms. The van der Waals surface area contributed by atoms with Gasteiger partial charge in [-0.05, 0) is 6.42 Å². The van der Waals surface area contributed by atoms with Crippen molar-refractivity contribution >= 4 is 28.7 Å². The second-order valence-corrected chi connectivity index (χ2v) is 4.53. The maximum absolute atomic E-state index is 10.4. The molecule has 0 spiro atoms. The van der Waals surface area contributed by atoms with Crippen molar-refractivity contribution < 1.29 is 9.90 Å². The van der Waals surface area contributed by atoms with Gasteiger partial charge in [-0.2, -0.15) is 0 Å². The Labute approximate surface area is 86.4 Å². The molecule has 70 valence electrons. The molecule has 1 unspecified atom stereocenters. The number of nitrogens with one attached hydrogen (secondary N) is 1.